The van der Waals surface area contributed by atoms with Gasteiger partial charge in [-0.05, 0) is 48.4 Å². The molecule has 1 fully saturated rings. The van der Waals surface area contributed by atoms with Crippen LogP contribution in [-0.2, 0) is 12.4 Å². The van der Waals surface area contributed by atoms with E-state index in [9.17, 15) is 41.0 Å². The van der Waals surface area contributed by atoms with Crippen LogP contribution >= 0.6 is 0 Å². The molecular formula is C22H20F6N2O3. The zero-order valence-corrected chi connectivity index (χ0v) is 17.3. The molecule has 0 radical (unpaired) electrons. The highest BCUT2D eigenvalue weighted by molar-refractivity contribution is 5.94. The molecule has 0 aliphatic carbocycles. The SMILES string of the molecule is CN(C(=O)c1ccc(C(F)(F)F)cc1)C1CCN(C(=O)O)CC1c1ccc(C(F)(F)F)cc1. The molecule has 178 valence electrons. The molecule has 1 heterocycles. The first-order chi connectivity index (χ1) is 15.3. The van der Waals surface area contributed by atoms with Crippen LogP contribution in [-0.4, -0.2) is 53.1 Å². The lowest BCUT2D eigenvalue weighted by atomic mass is 9.84. The second-order valence-corrected chi connectivity index (χ2v) is 7.80. The van der Waals surface area contributed by atoms with Crippen LogP contribution in [0.15, 0.2) is 48.5 Å². The van der Waals surface area contributed by atoms with E-state index in [4.69, 9.17) is 0 Å². The zero-order valence-electron chi connectivity index (χ0n) is 17.3. The summed E-state index contributed by atoms with van der Waals surface area (Å²) in [6.45, 7) is 0.0533. The van der Waals surface area contributed by atoms with Crippen LogP contribution in [0.5, 0.6) is 0 Å². The topological polar surface area (TPSA) is 60.9 Å². The lowest BCUT2D eigenvalue weighted by molar-refractivity contribution is -0.138. The second-order valence-electron chi connectivity index (χ2n) is 7.80. The highest BCUT2D eigenvalue weighted by atomic mass is 19.4. The van der Waals surface area contributed by atoms with Crippen molar-refractivity contribution in [1.82, 2.24) is 9.80 Å². The first-order valence-electron chi connectivity index (χ1n) is 9.88. The van der Waals surface area contributed by atoms with Crippen molar-refractivity contribution in [1.29, 1.82) is 0 Å². The van der Waals surface area contributed by atoms with Gasteiger partial charge in [-0.2, -0.15) is 26.3 Å². The Hall–Kier alpha value is -3.24. The standard InChI is InChI=1S/C22H20F6N2O3/c1-29(19(31)14-4-8-16(9-5-14)22(26,27)28)18-10-11-30(20(32)33)12-17(18)13-2-6-15(7-3-13)21(23,24)25/h2-9,17-18H,10-12H2,1H3,(H,32,33). The van der Waals surface area contributed by atoms with Gasteiger partial charge >= 0.3 is 18.4 Å². The largest absolute Gasteiger partial charge is 0.465 e. The Kier molecular flexibility index (Phi) is 6.62. The van der Waals surface area contributed by atoms with E-state index in [1.54, 1.807) is 0 Å². The number of carbonyl (C=O) groups excluding carboxylic acids is 1. The average molecular weight is 474 g/mol. The van der Waals surface area contributed by atoms with E-state index < -0.39 is 47.4 Å². The maximum atomic E-state index is 12.9. The third-order valence-corrected chi connectivity index (χ3v) is 5.79. The molecule has 0 spiro atoms. The average Bonchev–Trinajstić information content (AvgIpc) is 2.76. The van der Waals surface area contributed by atoms with Crippen molar-refractivity contribution in [3.05, 3.63) is 70.8 Å². The fourth-order valence-corrected chi connectivity index (χ4v) is 3.98. The first kappa shape index (κ1) is 24.4. The van der Waals surface area contributed by atoms with Crippen LogP contribution in [0.4, 0.5) is 31.1 Å². The summed E-state index contributed by atoms with van der Waals surface area (Å²) < 4.78 is 77.1. The van der Waals surface area contributed by atoms with Crippen molar-refractivity contribution in [3.8, 4) is 0 Å². The predicted molar refractivity (Wildman–Crippen MR) is 106 cm³/mol. The number of amides is 2. The van der Waals surface area contributed by atoms with Crippen LogP contribution < -0.4 is 0 Å². The minimum Gasteiger partial charge on any atom is -0.465 e. The maximum Gasteiger partial charge on any atom is 0.416 e. The van der Waals surface area contributed by atoms with Crippen molar-refractivity contribution >= 4 is 12.0 Å². The minimum absolute atomic E-state index is 0.0114. The molecule has 2 atom stereocenters. The molecule has 33 heavy (non-hydrogen) atoms. The number of likely N-dealkylation sites (tertiary alicyclic amines) is 1. The monoisotopic (exact) mass is 474 g/mol. The van der Waals surface area contributed by atoms with Crippen LogP contribution in [0.3, 0.4) is 0 Å². The summed E-state index contributed by atoms with van der Waals surface area (Å²) >= 11 is 0. The van der Waals surface area contributed by atoms with Gasteiger partial charge < -0.3 is 14.9 Å². The number of hydrogen-bond acceptors (Lipinski definition) is 2. The highest BCUT2D eigenvalue weighted by Gasteiger charge is 2.38. The van der Waals surface area contributed by atoms with E-state index in [0.29, 0.717) is 5.56 Å². The van der Waals surface area contributed by atoms with Gasteiger partial charge in [-0.25, -0.2) is 4.79 Å². The number of hydrogen-bond donors (Lipinski definition) is 1. The van der Waals surface area contributed by atoms with E-state index in [1.807, 2.05) is 0 Å². The van der Waals surface area contributed by atoms with E-state index in [0.717, 1.165) is 41.3 Å². The van der Waals surface area contributed by atoms with Crippen molar-refractivity contribution < 1.29 is 41.0 Å². The van der Waals surface area contributed by atoms with E-state index >= 15 is 0 Å². The molecule has 2 unspecified atom stereocenters. The lowest BCUT2D eigenvalue weighted by Crippen LogP contribution is -2.51. The van der Waals surface area contributed by atoms with Crippen molar-refractivity contribution in [2.24, 2.45) is 0 Å². The number of rotatable bonds is 3. The van der Waals surface area contributed by atoms with Gasteiger partial charge in [0.05, 0.1) is 11.1 Å². The summed E-state index contributed by atoms with van der Waals surface area (Å²) in [5.41, 5.74) is -1.33. The molecule has 1 aliphatic rings. The molecule has 2 amide bonds. The molecule has 0 saturated carbocycles. The Balaban J connectivity index is 1.88. The van der Waals surface area contributed by atoms with Gasteiger partial charge in [0, 0.05) is 37.7 Å². The molecule has 0 bridgehead atoms. The third-order valence-electron chi connectivity index (χ3n) is 5.79. The number of halogens is 6. The Morgan fingerprint density at radius 1 is 0.909 bits per heavy atom. The van der Waals surface area contributed by atoms with Gasteiger partial charge in [0.25, 0.3) is 5.91 Å². The number of carboxylic acid groups (broad SMARTS) is 1. The Morgan fingerprint density at radius 3 is 1.85 bits per heavy atom. The molecule has 0 aromatic heterocycles. The van der Waals surface area contributed by atoms with Gasteiger partial charge in [-0.15, -0.1) is 0 Å². The molecule has 2 aromatic rings. The second kappa shape index (κ2) is 8.95. The number of nitrogens with zero attached hydrogens (tertiary/aromatic N) is 2. The van der Waals surface area contributed by atoms with E-state index in [1.165, 1.54) is 24.1 Å². The predicted octanol–water partition coefficient (Wildman–Crippen LogP) is 5.33. The zero-order chi connectivity index (χ0) is 24.6. The normalized spacial score (nSPS) is 19.3. The van der Waals surface area contributed by atoms with Crippen molar-refractivity contribution in [2.45, 2.75) is 30.7 Å². The fraction of sp³-hybridized carbons (Fsp3) is 0.364. The Labute approximate surface area is 185 Å². The van der Waals surface area contributed by atoms with Gasteiger partial charge in [-0.3, -0.25) is 4.79 Å². The number of benzene rings is 2. The quantitative estimate of drug-likeness (QED) is 0.612. The highest BCUT2D eigenvalue weighted by Crippen LogP contribution is 2.35. The molecule has 2 aromatic carbocycles. The smallest absolute Gasteiger partial charge is 0.416 e. The van der Waals surface area contributed by atoms with Crippen LogP contribution in [0.25, 0.3) is 0 Å². The molecular weight excluding hydrogens is 454 g/mol. The Bertz CT molecular complexity index is 1000. The Morgan fingerprint density at radius 2 is 1.39 bits per heavy atom. The summed E-state index contributed by atoms with van der Waals surface area (Å²) in [5.74, 6) is -1.20. The van der Waals surface area contributed by atoms with Crippen LogP contribution in [0, 0.1) is 0 Å². The van der Waals surface area contributed by atoms with Gasteiger partial charge in [0.1, 0.15) is 0 Å². The summed E-state index contributed by atoms with van der Waals surface area (Å²) in [6, 6.07) is 7.41. The number of likely N-dealkylation sites (N-methyl/N-ethyl adjacent to an activating group) is 1. The number of piperidine rings is 1. The van der Waals surface area contributed by atoms with Crippen molar-refractivity contribution in [2.75, 3.05) is 20.1 Å². The summed E-state index contributed by atoms with van der Waals surface area (Å²) in [4.78, 5) is 26.8. The molecule has 1 aliphatic heterocycles. The van der Waals surface area contributed by atoms with Crippen LogP contribution in [0.1, 0.15) is 39.4 Å². The summed E-state index contributed by atoms with van der Waals surface area (Å²) in [5, 5.41) is 9.36. The summed E-state index contributed by atoms with van der Waals surface area (Å²) in [6.07, 6.45) is -10.1. The van der Waals surface area contributed by atoms with Crippen LogP contribution in [0.2, 0.25) is 0 Å². The first-order valence-corrected chi connectivity index (χ1v) is 9.88. The number of alkyl halides is 6. The number of carbonyl (C=O) groups is 2. The van der Waals surface area contributed by atoms with Gasteiger partial charge in [0.15, 0.2) is 0 Å². The van der Waals surface area contributed by atoms with Gasteiger partial charge in [0.2, 0.25) is 0 Å². The van der Waals surface area contributed by atoms with Crippen molar-refractivity contribution in [3.63, 3.8) is 0 Å². The van der Waals surface area contributed by atoms with E-state index in [2.05, 4.69) is 0 Å². The molecule has 5 nitrogen and oxygen atoms in total. The molecule has 1 saturated heterocycles. The maximum absolute atomic E-state index is 12.9. The minimum atomic E-state index is -4.55. The lowest BCUT2D eigenvalue weighted by Gasteiger charge is -2.42. The summed E-state index contributed by atoms with van der Waals surface area (Å²) in [7, 11) is 1.44. The third kappa shape index (κ3) is 5.40. The van der Waals surface area contributed by atoms with E-state index in [-0.39, 0.29) is 25.1 Å². The molecule has 3 rings (SSSR count). The van der Waals surface area contributed by atoms with Gasteiger partial charge in [-0.1, -0.05) is 12.1 Å². The molecule has 11 heteroatoms. The molecule has 1 N–H and O–H groups in total. The fourth-order valence-electron chi connectivity index (χ4n) is 3.98.